The molecule has 2 aliphatic rings. The summed E-state index contributed by atoms with van der Waals surface area (Å²) in [5.74, 6) is -7.97. The Labute approximate surface area is 456 Å². The van der Waals surface area contributed by atoms with Gasteiger partial charge in [-0.15, -0.1) is 0 Å². The van der Waals surface area contributed by atoms with Crippen LogP contribution < -0.4 is 5.73 Å². The van der Waals surface area contributed by atoms with E-state index in [0.717, 1.165) is 0 Å². The monoisotopic (exact) mass is 1090 g/mol. The third kappa shape index (κ3) is 24.4. The summed E-state index contributed by atoms with van der Waals surface area (Å²) in [6.07, 6.45) is 6.24. The van der Waals surface area contributed by atoms with Gasteiger partial charge in [-0.2, -0.15) is 0 Å². The molecule has 0 amide bonds. The highest BCUT2D eigenvalue weighted by Crippen LogP contribution is 2.29. The summed E-state index contributed by atoms with van der Waals surface area (Å²) in [6.45, 7) is 6.93. The molecule has 1 fully saturated rings. The highest BCUT2D eigenvalue weighted by molar-refractivity contribution is 5.97. The predicted octanol–water partition coefficient (Wildman–Crippen LogP) is 4.88. The van der Waals surface area contributed by atoms with Gasteiger partial charge in [0.1, 0.15) is 41.9 Å². The van der Waals surface area contributed by atoms with E-state index < -0.39 is 128 Å². The van der Waals surface area contributed by atoms with Crippen LogP contribution in [0.1, 0.15) is 122 Å². The number of carbonyl (C=O) groups is 7. The first-order valence-corrected chi connectivity index (χ1v) is 26.6. The second-order valence-electron chi connectivity index (χ2n) is 20.4. The number of cyclic esters (lactones) is 1. The Morgan fingerprint density at radius 1 is 0.692 bits per heavy atom. The molecule has 0 bridgehead atoms. The zero-order valence-corrected chi connectivity index (χ0v) is 45.0. The average Bonchev–Trinajstić information content (AvgIpc) is 3.37. The van der Waals surface area contributed by atoms with E-state index >= 15 is 0 Å². The van der Waals surface area contributed by atoms with Gasteiger partial charge in [0.15, 0.2) is 24.0 Å². The van der Waals surface area contributed by atoms with Crippen LogP contribution in [0.4, 0.5) is 5.69 Å². The molecule has 0 aliphatic carbocycles. The molecular weight excluding hydrogens is 1010 g/mol. The van der Waals surface area contributed by atoms with E-state index in [-0.39, 0.29) is 80.7 Å². The van der Waals surface area contributed by atoms with Crippen LogP contribution in [0.5, 0.6) is 0 Å². The van der Waals surface area contributed by atoms with Crippen molar-refractivity contribution in [1.82, 2.24) is 0 Å². The molecule has 0 radical (unpaired) electrons. The molecule has 19 nitrogen and oxygen atoms in total. The lowest BCUT2D eigenvalue weighted by Crippen LogP contribution is -2.55. The molecule has 430 valence electrons. The summed E-state index contributed by atoms with van der Waals surface area (Å²) in [5.41, 5.74) is 6.69. The van der Waals surface area contributed by atoms with Gasteiger partial charge in [0.05, 0.1) is 42.7 Å². The van der Waals surface area contributed by atoms with Gasteiger partial charge in [0.25, 0.3) is 0 Å². The third-order valence-electron chi connectivity index (χ3n) is 13.6. The number of aliphatic hydroxyl groups excluding tert-OH is 7. The molecule has 15 atom stereocenters. The van der Waals surface area contributed by atoms with Gasteiger partial charge < -0.3 is 60.8 Å². The molecule has 3 rings (SSSR count). The number of aliphatic carboxylic acids is 1. The quantitative estimate of drug-likeness (QED) is 0.0652. The molecule has 1 aromatic carbocycles. The summed E-state index contributed by atoms with van der Waals surface area (Å²) >= 11 is 0. The van der Waals surface area contributed by atoms with Crippen LogP contribution in [-0.4, -0.2) is 149 Å². The number of carboxylic acids is 1. The number of allylic oxidation sites excluding steroid dienone is 12. The van der Waals surface area contributed by atoms with E-state index in [1.54, 1.807) is 91.1 Å². The number of aliphatic hydroxyl groups is 7. The maximum atomic E-state index is 13.3. The number of benzene rings is 1. The van der Waals surface area contributed by atoms with Gasteiger partial charge >= 0.3 is 11.9 Å². The molecule has 2 heterocycles. The number of ketones is 5. The second-order valence-corrected chi connectivity index (χ2v) is 20.4. The fourth-order valence-corrected chi connectivity index (χ4v) is 9.11. The highest BCUT2D eigenvalue weighted by Gasteiger charge is 2.44. The minimum absolute atomic E-state index is 0.0338. The largest absolute Gasteiger partial charge is 0.481 e. The van der Waals surface area contributed by atoms with Crippen LogP contribution in [0, 0.1) is 23.7 Å². The van der Waals surface area contributed by atoms with Gasteiger partial charge in [0.2, 0.25) is 0 Å². The summed E-state index contributed by atoms with van der Waals surface area (Å²) in [4.78, 5) is 89.6. The molecule has 0 saturated carbocycles. The predicted molar refractivity (Wildman–Crippen MR) is 289 cm³/mol. The number of esters is 1. The first kappa shape index (κ1) is 66.4. The number of nitrogen functional groups attached to an aromatic ring is 1. The summed E-state index contributed by atoms with van der Waals surface area (Å²) in [6, 6.07) is 6.43. The van der Waals surface area contributed by atoms with Crippen LogP contribution >= 0.6 is 0 Å². The van der Waals surface area contributed by atoms with E-state index in [4.69, 9.17) is 19.9 Å². The van der Waals surface area contributed by atoms with Crippen molar-refractivity contribution in [3.05, 3.63) is 115 Å². The SMILES string of the molecule is C[C@H](C[C@H](C)[C@@H]1OC(=O)CC(=O)CCCC(=O)CCC[C@@H](O)C[C@@H](O)CC(=O)C[C@H](O)[C@H](C(=O)O)[C@@H](O)C[C@H](O[C@@H]2O[C@@H](C)[C@@H](O)C(=O)[C@H]2O)/C=C/C=C/C=C/C=C/C=C/C=C/C=C/[C@@H]1C)[C@H](O)CC(=O)c1ccc(N)cc1. The van der Waals surface area contributed by atoms with Crippen molar-refractivity contribution >= 4 is 46.5 Å². The van der Waals surface area contributed by atoms with E-state index in [1.807, 2.05) is 26.8 Å². The van der Waals surface area contributed by atoms with Crippen molar-refractivity contribution < 1.29 is 88.6 Å². The number of nitrogens with two attached hydrogens (primary N) is 1. The lowest BCUT2D eigenvalue weighted by Gasteiger charge is -2.36. The summed E-state index contributed by atoms with van der Waals surface area (Å²) < 4.78 is 17.3. The first-order valence-electron chi connectivity index (χ1n) is 26.6. The zero-order chi connectivity index (χ0) is 57.9. The smallest absolute Gasteiger partial charge is 0.313 e. The number of carbonyl (C=O) groups excluding carboxylic acids is 6. The maximum absolute atomic E-state index is 13.3. The molecule has 1 aromatic rings. The molecule has 2 aliphatic heterocycles. The first-order chi connectivity index (χ1) is 37.0. The van der Waals surface area contributed by atoms with Crippen LogP contribution in [0.25, 0.3) is 0 Å². The van der Waals surface area contributed by atoms with Gasteiger partial charge in [-0.1, -0.05) is 106 Å². The molecule has 0 unspecified atom stereocenters. The Morgan fingerprint density at radius 3 is 1.86 bits per heavy atom. The third-order valence-corrected chi connectivity index (χ3v) is 13.6. The zero-order valence-electron chi connectivity index (χ0n) is 45.0. The van der Waals surface area contributed by atoms with E-state index in [1.165, 1.54) is 19.1 Å². The highest BCUT2D eigenvalue weighted by atomic mass is 16.7. The molecular formula is C59H81NO18. The minimum Gasteiger partial charge on any atom is -0.481 e. The standard InChI is InChI=1S/C59H81NO18/c1-36-19-15-13-11-9-7-5-6-8-10-12-14-16-24-47(77-59-56(73)55(72)54(71)39(4)76-59)34-51(69)53(58(74)75)50(68)32-46(65)31-45(64)30-43(62)22-17-20-42(61)21-18-23-44(63)33-52(70)78-57(36)38(3)29-37(2)48(66)35-49(67)40-25-27-41(60)28-26-40/h5-16,19,24-28,36-39,43,45,47-48,50-51,53-54,56-57,59,62,64,66,68-69,71,73H,17-18,20-23,29-35,60H2,1-4H3,(H,74,75)/b6-5+,9-7+,10-8+,13-11+,14-12+,19-15+,24-16+/t36-,37+,38-,39-,43+,45+,47+,48+,50-,51-,53-,54+,56+,57+,59-/m0/s1. The normalized spacial score (nSPS) is 33.1. The lowest BCUT2D eigenvalue weighted by molar-refractivity contribution is -0.258. The number of rotatable bonds is 10. The maximum Gasteiger partial charge on any atom is 0.313 e. The average molecular weight is 1090 g/mol. The number of hydrogen-bond acceptors (Lipinski definition) is 18. The van der Waals surface area contributed by atoms with Crippen LogP contribution in [0.2, 0.25) is 0 Å². The molecule has 10 N–H and O–H groups in total. The van der Waals surface area contributed by atoms with E-state index in [0.29, 0.717) is 17.7 Å². The Hall–Kier alpha value is -5.87. The van der Waals surface area contributed by atoms with Gasteiger partial charge in [-0.3, -0.25) is 33.6 Å². The van der Waals surface area contributed by atoms with Crippen molar-refractivity contribution in [2.45, 2.75) is 178 Å². The topological polar surface area (TPSA) is 335 Å². The van der Waals surface area contributed by atoms with E-state index in [9.17, 15) is 74.4 Å². The Kier molecular flexibility index (Phi) is 29.7. The Balaban J connectivity index is 1.81. The van der Waals surface area contributed by atoms with Crippen molar-refractivity contribution in [3.63, 3.8) is 0 Å². The van der Waals surface area contributed by atoms with Gasteiger partial charge in [0, 0.05) is 62.1 Å². The minimum atomic E-state index is -1.94. The molecule has 1 saturated heterocycles. The van der Waals surface area contributed by atoms with E-state index in [2.05, 4.69) is 0 Å². The summed E-state index contributed by atoms with van der Waals surface area (Å²) in [5, 5.41) is 84.9. The lowest BCUT2D eigenvalue weighted by atomic mass is 9.83. The molecule has 19 heteroatoms. The van der Waals surface area contributed by atoms with Crippen LogP contribution in [0.15, 0.2) is 109 Å². The van der Waals surface area contributed by atoms with Crippen LogP contribution in [-0.2, 0) is 43.0 Å². The summed E-state index contributed by atoms with van der Waals surface area (Å²) in [7, 11) is 0. The Morgan fingerprint density at radius 2 is 1.26 bits per heavy atom. The number of carboxylic acid groups (broad SMARTS) is 1. The second kappa shape index (κ2) is 34.9. The number of hydrogen-bond donors (Lipinski definition) is 9. The molecule has 0 spiro atoms. The van der Waals surface area contributed by atoms with Crippen molar-refractivity contribution in [2.75, 3.05) is 5.73 Å². The van der Waals surface area contributed by atoms with Crippen molar-refractivity contribution in [3.8, 4) is 0 Å². The number of ether oxygens (including phenoxy) is 3. The molecule has 78 heavy (non-hydrogen) atoms. The fourth-order valence-electron chi connectivity index (χ4n) is 9.11. The molecule has 0 aromatic heterocycles. The van der Waals surface area contributed by atoms with Crippen molar-refractivity contribution in [1.29, 1.82) is 0 Å². The fraction of sp³-hybridized carbons (Fsp3) is 0.542. The number of Topliss-reactive ketones (excluding diaryl/α,β-unsaturated/α-hetero) is 5. The number of anilines is 1. The van der Waals surface area contributed by atoms with Crippen LogP contribution in [0.3, 0.4) is 0 Å². The van der Waals surface area contributed by atoms with Gasteiger partial charge in [-0.05, 0) is 75.1 Å². The van der Waals surface area contributed by atoms with Crippen molar-refractivity contribution in [2.24, 2.45) is 23.7 Å². The Bertz CT molecular complexity index is 2320. The van der Waals surface area contributed by atoms with Gasteiger partial charge in [-0.25, -0.2) is 0 Å².